The lowest BCUT2D eigenvalue weighted by atomic mass is 10.0. The lowest BCUT2D eigenvalue weighted by Crippen LogP contribution is -2.30. The van der Waals surface area contributed by atoms with Gasteiger partial charge in [-0.15, -0.1) is 11.3 Å². The highest BCUT2D eigenvalue weighted by Crippen LogP contribution is 2.27. The molecule has 4 aromatic rings. The average Bonchev–Trinajstić information content (AvgIpc) is 3.30. The van der Waals surface area contributed by atoms with Crippen molar-refractivity contribution < 1.29 is 4.79 Å². The number of benzene rings is 2. The Morgan fingerprint density at radius 1 is 1.07 bits per heavy atom. The van der Waals surface area contributed by atoms with E-state index in [2.05, 4.69) is 46.7 Å². The number of carbonyl (C=O) groups excluding carboxylic acids is 1. The number of nitrogens with zero attached hydrogens (tertiary/aromatic N) is 1. The summed E-state index contributed by atoms with van der Waals surface area (Å²) < 4.78 is 0. The highest BCUT2D eigenvalue weighted by molar-refractivity contribution is 7.10. The van der Waals surface area contributed by atoms with Crippen LogP contribution in [-0.2, 0) is 17.6 Å². The molecule has 0 aliphatic rings. The summed E-state index contributed by atoms with van der Waals surface area (Å²) in [6, 6.07) is 19.4. The van der Waals surface area contributed by atoms with Crippen molar-refractivity contribution >= 4 is 28.0 Å². The van der Waals surface area contributed by atoms with Gasteiger partial charge in [-0.1, -0.05) is 61.9 Å². The number of fused-ring (bicyclic) bond motifs is 1. The summed E-state index contributed by atoms with van der Waals surface area (Å²) in [6.07, 6.45) is 2.24. The van der Waals surface area contributed by atoms with Crippen molar-refractivity contribution in [3.63, 3.8) is 0 Å². The quantitative estimate of drug-likeness (QED) is 0.468. The minimum absolute atomic E-state index is 0.0904. The van der Waals surface area contributed by atoms with Gasteiger partial charge < -0.3 is 5.32 Å². The Balaban J connectivity index is 1.59. The first kappa shape index (κ1) is 20.0. The Kier molecular flexibility index (Phi) is 6.05. The fourth-order valence-corrected chi connectivity index (χ4v) is 4.41. The van der Waals surface area contributed by atoms with Crippen LogP contribution in [0.3, 0.4) is 0 Å². The van der Waals surface area contributed by atoms with Gasteiger partial charge >= 0.3 is 0 Å². The van der Waals surface area contributed by atoms with Gasteiger partial charge in [0.1, 0.15) is 0 Å². The summed E-state index contributed by atoms with van der Waals surface area (Å²) >= 11 is 1.62. The van der Waals surface area contributed by atoms with Crippen LogP contribution in [0.25, 0.3) is 10.8 Å². The molecular weight excluding hydrogens is 394 g/mol. The Morgan fingerprint density at radius 3 is 2.53 bits per heavy atom. The van der Waals surface area contributed by atoms with Crippen LogP contribution in [0.4, 0.5) is 0 Å². The van der Waals surface area contributed by atoms with E-state index in [-0.39, 0.29) is 23.9 Å². The first-order chi connectivity index (χ1) is 14.7. The van der Waals surface area contributed by atoms with Crippen LogP contribution < -0.4 is 10.9 Å². The number of hydrogen-bond acceptors (Lipinski definition) is 4. The molecule has 2 heterocycles. The summed E-state index contributed by atoms with van der Waals surface area (Å²) in [4.78, 5) is 26.0. The van der Waals surface area contributed by atoms with Gasteiger partial charge in [0.05, 0.1) is 23.5 Å². The number of hydrogen-bond donors (Lipinski definition) is 2. The maximum atomic E-state index is 13.0. The van der Waals surface area contributed by atoms with Crippen LogP contribution >= 0.6 is 11.3 Å². The minimum Gasteiger partial charge on any atom is -0.344 e. The SMILES string of the molecule is CCCc1ccc(C(NC(=O)Cc2n[nH]c(=O)c3ccccc23)c2cccs2)cc1. The molecule has 30 heavy (non-hydrogen) atoms. The van der Waals surface area contributed by atoms with Gasteiger partial charge in [-0.2, -0.15) is 5.10 Å². The van der Waals surface area contributed by atoms with E-state index in [0.717, 1.165) is 23.3 Å². The number of nitrogens with one attached hydrogen (secondary N) is 2. The molecule has 0 bridgehead atoms. The molecule has 5 nitrogen and oxygen atoms in total. The Bertz CT molecular complexity index is 1200. The Labute approximate surface area is 178 Å². The molecule has 4 rings (SSSR count). The third kappa shape index (κ3) is 4.33. The molecule has 0 spiro atoms. The largest absolute Gasteiger partial charge is 0.344 e. The van der Waals surface area contributed by atoms with Gasteiger partial charge in [0, 0.05) is 10.3 Å². The second-order valence-corrected chi connectivity index (χ2v) is 8.21. The molecule has 1 amide bonds. The zero-order valence-electron chi connectivity index (χ0n) is 16.7. The van der Waals surface area contributed by atoms with Crippen molar-refractivity contribution in [3.8, 4) is 0 Å². The lowest BCUT2D eigenvalue weighted by Gasteiger charge is -2.19. The summed E-state index contributed by atoms with van der Waals surface area (Å²) in [5.74, 6) is -0.143. The van der Waals surface area contributed by atoms with Gasteiger partial charge in [-0.25, -0.2) is 5.10 Å². The predicted molar refractivity (Wildman–Crippen MR) is 121 cm³/mol. The normalized spacial score (nSPS) is 12.0. The number of aryl methyl sites for hydroxylation is 1. The van der Waals surface area contributed by atoms with E-state index in [1.165, 1.54) is 5.56 Å². The van der Waals surface area contributed by atoms with Crippen molar-refractivity contribution in [1.82, 2.24) is 15.5 Å². The third-order valence-corrected chi connectivity index (χ3v) is 6.02. The van der Waals surface area contributed by atoms with Crippen LogP contribution in [0, 0.1) is 0 Å². The number of amides is 1. The second kappa shape index (κ2) is 9.05. The van der Waals surface area contributed by atoms with Crippen LogP contribution in [0.2, 0.25) is 0 Å². The van der Waals surface area contributed by atoms with E-state index in [1.54, 1.807) is 23.5 Å². The van der Waals surface area contributed by atoms with E-state index in [0.29, 0.717) is 16.5 Å². The molecule has 0 saturated heterocycles. The van der Waals surface area contributed by atoms with Gasteiger partial charge in [-0.3, -0.25) is 9.59 Å². The molecule has 2 aromatic carbocycles. The molecule has 6 heteroatoms. The summed E-state index contributed by atoms with van der Waals surface area (Å²) in [5.41, 5.74) is 2.65. The van der Waals surface area contributed by atoms with Gasteiger partial charge in [0.25, 0.3) is 5.56 Å². The monoisotopic (exact) mass is 417 g/mol. The van der Waals surface area contributed by atoms with E-state index in [9.17, 15) is 9.59 Å². The minimum atomic E-state index is -0.251. The van der Waals surface area contributed by atoms with E-state index in [4.69, 9.17) is 0 Å². The summed E-state index contributed by atoms with van der Waals surface area (Å²) in [7, 11) is 0. The number of aromatic nitrogens is 2. The first-order valence-electron chi connectivity index (χ1n) is 10.0. The predicted octanol–water partition coefficient (Wildman–Crippen LogP) is 4.39. The summed E-state index contributed by atoms with van der Waals surface area (Å²) in [5, 5.41) is 13.0. The van der Waals surface area contributed by atoms with E-state index < -0.39 is 0 Å². The van der Waals surface area contributed by atoms with Crippen molar-refractivity contribution in [2.24, 2.45) is 0 Å². The van der Waals surface area contributed by atoms with Crippen molar-refractivity contribution in [2.75, 3.05) is 0 Å². The average molecular weight is 418 g/mol. The fourth-order valence-electron chi connectivity index (χ4n) is 3.61. The molecule has 0 aliphatic carbocycles. The van der Waals surface area contributed by atoms with Crippen LogP contribution in [0.15, 0.2) is 70.8 Å². The number of H-pyrrole nitrogens is 1. The Morgan fingerprint density at radius 2 is 1.83 bits per heavy atom. The van der Waals surface area contributed by atoms with Crippen molar-refractivity contribution in [2.45, 2.75) is 32.2 Å². The zero-order chi connectivity index (χ0) is 20.9. The number of aromatic amines is 1. The number of rotatable bonds is 7. The molecular formula is C24H23N3O2S. The summed E-state index contributed by atoms with van der Waals surface area (Å²) in [6.45, 7) is 2.16. The standard InChI is InChI=1S/C24H23N3O2S/c1-2-6-16-10-12-17(13-11-16)23(21-9-5-14-30-21)25-22(28)15-20-18-7-3-4-8-19(18)24(29)27-26-20/h3-5,7-14,23H,2,6,15H2,1H3,(H,25,28)(H,27,29). The van der Waals surface area contributed by atoms with Crippen LogP contribution in [0.5, 0.6) is 0 Å². The van der Waals surface area contributed by atoms with Crippen LogP contribution in [-0.4, -0.2) is 16.1 Å². The highest BCUT2D eigenvalue weighted by Gasteiger charge is 2.19. The smallest absolute Gasteiger partial charge is 0.272 e. The maximum Gasteiger partial charge on any atom is 0.272 e. The Hall–Kier alpha value is -3.25. The zero-order valence-corrected chi connectivity index (χ0v) is 17.5. The van der Waals surface area contributed by atoms with E-state index in [1.807, 2.05) is 29.6 Å². The first-order valence-corrected chi connectivity index (χ1v) is 10.9. The molecule has 1 unspecified atom stereocenters. The number of thiophene rings is 1. The van der Waals surface area contributed by atoms with Gasteiger partial charge in [0.2, 0.25) is 5.91 Å². The second-order valence-electron chi connectivity index (χ2n) is 7.23. The maximum absolute atomic E-state index is 13.0. The van der Waals surface area contributed by atoms with Crippen LogP contribution in [0.1, 0.15) is 41.1 Å². The fraction of sp³-hybridized carbons (Fsp3) is 0.208. The lowest BCUT2D eigenvalue weighted by molar-refractivity contribution is -0.121. The third-order valence-electron chi connectivity index (χ3n) is 5.09. The molecule has 2 aromatic heterocycles. The van der Waals surface area contributed by atoms with Gasteiger partial charge in [-0.05, 0) is 35.1 Å². The highest BCUT2D eigenvalue weighted by atomic mass is 32.1. The van der Waals surface area contributed by atoms with Crippen molar-refractivity contribution in [1.29, 1.82) is 0 Å². The van der Waals surface area contributed by atoms with E-state index >= 15 is 0 Å². The molecule has 0 aliphatic heterocycles. The molecule has 0 saturated carbocycles. The molecule has 152 valence electrons. The molecule has 1 atom stereocenters. The molecule has 2 N–H and O–H groups in total. The molecule has 0 radical (unpaired) electrons. The number of carbonyl (C=O) groups is 1. The van der Waals surface area contributed by atoms with Crippen molar-refractivity contribution in [3.05, 3.63) is 98.1 Å². The topological polar surface area (TPSA) is 74.8 Å². The molecule has 0 fully saturated rings. The van der Waals surface area contributed by atoms with Gasteiger partial charge in [0.15, 0.2) is 0 Å².